The standard InChI is InChI=1S/C11H8BrClO/c1-14-9-2-3-10-7(5-9)4-8(13)6-11(10)12/h2-6H,1H3. The maximum atomic E-state index is 5.95. The minimum Gasteiger partial charge on any atom is -0.497 e. The monoisotopic (exact) mass is 270 g/mol. The summed E-state index contributed by atoms with van der Waals surface area (Å²) < 4.78 is 6.15. The molecule has 0 aliphatic heterocycles. The molecule has 3 heteroatoms. The van der Waals surface area contributed by atoms with Crippen molar-refractivity contribution in [3.63, 3.8) is 0 Å². The highest BCUT2D eigenvalue weighted by Gasteiger charge is 2.01. The van der Waals surface area contributed by atoms with Gasteiger partial charge >= 0.3 is 0 Å². The van der Waals surface area contributed by atoms with Crippen LogP contribution in [0.2, 0.25) is 5.02 Å². The lowest BCUT2D eigenvalue weighted by Gasteiger charge is -2.04. The Hall–Kier alpha value is -0.730. The molecular formula is C11H8BrClO. The molecule has 2 rings (SSSR count). The second-order valence-electron chi connectivity index (χ2n) is 2.97. The highest BCUT2D eigenvalue weighted by atomic mass is 79.9. The Balaban J connectivity index is 2.75. The van der Waals surface area contributed by atoms with E-state index in [1.807, 2.05) is 30.3 Å². The maximum Gasteiger partial charge on any atom is 0.119 e. The Morgan fingerprint density at radius 2 is 2.00 bits per heavy atom. The Morgan fingerprint density at radius 1 is 1.21 bits per heavy atom. The van der Waals surface area contributed by atoms with Gasteiger partial charge in [-0.3, -0.25) is 0 Å². The first-order valence-corrected chi connectivity index (χ1v) is 5.30. The van der Waals surface area contributed by atoms with Crippen LogP contribution in [-0.2, 0) is 0 Å². The van der Waals surface area contributed by atoms with Crippen molar-refractivity contribution in [3.05, 3.63) is 39.8 Å². The van der Waals surface area contributed by atoms with Crippen molar-refractivity contribution in [3.8, 4) is 5.75 Å². The van der Waals surface area contributed by atoms with Crippen molar-refractivity contribution >= 4 is 38.3 Å². The van der Waals surface area contributed by atoms with E-state index in [4.69, 9.17) is 16.3 Å². The Morgan fingerprint density at radius 3 is 2.71 bits per heavy atom. The molecule has 0 aromatic heterocycles. The van der Waals surface area contributed by atoms with E-state index in [1.165, 1.54) is 0 Å². The number of methoxy groups -OCH3 is 1. The van der Waals surface area contributed by atoms with Gasteiger partial charge in [0.1, 0.15) is 5.75 Å². The second kappa shape index (κ2) is 3.79. The molecule has 2 aromatic carbocycles. The predicted molar refractivity (Wildman–Crippen MR) is 63.2 cm³/mol. The van der Waals surface area contributed by atoms with E-state index in [2.05, 4.69) is 15.9 Å². The summed E-state index contributed by atoms with van der Waals surface area (Å²) in [6.45, 7) is 0. The number of halogens is 2. The molecule has 14 heavy (non-hydrogen) atoms. The van der Waals surface area contributed by atoms with Gasteiger partial charge in [-0.15, -0.1) is 0 Å². The van der Waals surface area contributed by atoms with Crippen molar-refractivity contribution in [2.45, 2.75) is 0 Å². The first kappa shape index (κ1) is 9.81. The average Bonchev–Trinajstić information content (AvgIpc) is 2.16. The van der Waals surface area contributed by atoms with Crippen LogP contribution in [0, 0.1) is 0 Å². The molecule has 0 saturated heterocycles. The van der Waals surface area contributed by atoms with Gasteiger partial charge < -0.3 is 4.74 Å². The molecule has 2 aromatic rings. The molecule has 0 fully saturated rings. The van der Waals surface area contributed by atoms with Gasteiger partial charge in [-0.2, -0.15) is 0 Å². The first-order chi connectivity index (χ1) is 6.70. The van der Waals surface area contributed by atoms with Crippen molar-refractivity contribution in [2.75, 3.05) is 7.11 Å². The zero-order valence-corrected chi connectivity index (χ0v) is 9.89. The fourth-order valence-corrected chi connectivity index (χ4v) is 2.36. The van der Waals surface area contributed by atoms with Crippen molar-refractivity contribution in [2.24, 2.45) is 0 Å². The zero-order valence-electron chi connectivity index (χ0n) is 7.55. The lowest BCUT2D eigenvalue weighted by atomic mass is 10.1. The highest BCUT2D eigenvalue weighted by molar-refractivity contribution is 9.10. The van der Waals surface area contributed by atoms with E-state index in [0.29, 0.717) is 0 Å². The SMILES string of the molecule is COc1ccc2c(Br)cc(Cl)cc2c1. The molecule has 0 bridgehead atoms. The third-order valence-corrected chi connectivity index (χ3v) is 2.95. The summed E-state index contributed by atoms with van der Waals surface area (Å²) in [4.78, 5) is 0. The molecular weight excluding hydrogens is 263 g/mol. The van der Waals surface area contributed by atoms with E-state index >= 15 is 0 Å². The quantitative estimate of drug-likeness (QED) is 0.753. The molecule has 1 nitrogen and oxygen atoms in total. The summed E-state index contributed by atoms with van der Waals surface area (Å²) in [5, 5.41) is 2.93. The largest absolute Gasteiger partial charge is 0.497 e. The van der Waals surface area contributed by atoms with Crippen molar-refractivity contribution < 1.29 is 4.74 Å². The first-order valence-electron chi connectivity index (χ1n) is 4.13. The summed E-state index contributed by atoms with van der Waals surface area (Å²) in [6.07, 6.45) is 0. The van der Waals surface area contributed by atoms with Crippen LogP contribution in [0.4, 0.5) is 0 Å². The van der Waals surface area contributed by atoms with Crippen LogP contribution < -0.4 is 4.74 Å². The van der Waals surface area contributed by atoms with Crippen LogP contribution in [0.15, 0.2) is 34.8 Å². The maximum absolute atomic E-state index is 5.95. The number of hydrogen-bond donors (Lipinski definition) is 0. The van der Waals surface area contributed by atoms with Crippen molar-refractivity contribution in [1.82, 2.24) is 0 Å². The number of hydrogen-bond acceptors (Lipinski definition) is 1. The van der Waals surface area contributed by atoms with Crippen LogP contribution >= 0.6 is 27.5 Å². The van der Waals surface area contributed by atoms with Gasteiger partial charge in [-0.05, 0) is 41.1 Å². The van der Waals surface area contributed by atoms with Gasteiger partial charge in [0.25, 0.3) is 0 Å². The fraction of sp³-hybridized carbons (Fsp3) is 0.0909. The molecule has 0 atom stereocenters. The lowest BCUT2D eigenvalue weighted by Crippen LogP contribution is -1.82. The van der Waals surface area contributed by atoms with E-state index in [-0.39, 0.29) is 0 Å². The molecule has 72 valence electrons. The summed E-state index contributed by atoms with van der Waals surface area (Å²) in [7, 11) is 1.65. The molecule has 0 heterocycles. The summed E-state index contributed by atoms with van der Waals surface area (Å²) >= 11 is 9.42. The molecule has 0 amide bonds. The summed E-state index contributed by atoms with van der Waals surface area (Å²) in [5.74, 6) is 0.840. The van der Waals surface area contributed by atoms with Crippen molar-refractivity contribution in [1.29, 1.82) is 0 Å². The minimum absolute atomic E-state index is 0.720. The molecule has 0 unspecified atom stereocenters. The van der Waals surface area contributed by atoms with Crippen LogP contribution in [0.5, 0.6) is 5.75 Å². The average molecular weight is 272 g/mol. The Bertz CT molecular complexity index is 482. The molecule has 0 aliphatic rings. The van der Waals surface area contributed by atoms with Gasteiger partial charge in [0.15, 0.2) is 0 Å². The lowest BCUT2D eigenvalue weighted by molar-refractivity contribution is 0.415. The molecule has 0 radical (unpaired) electrons. The van der Waals surface area contributed by atoms with E-state index < -0.39 is 0 Å². The van der Waals surface area contributed by atoms with Gasteiger partial charge in [0.05, 0.1) is 7.11 Å². The van der Waals surface area contributed by atoms with E-state index in [1.54, 1.807) is 7.11 Å². The number of fused-ring (bicyclic) bond motifs is 1. The predicted octanol–water partition coefficient (Wildman–Crippen LogP) is 4.26. The highest BCUT2D eigenvalue weighted by Crippen LogP contribution is 2.30. The summed E-state index contributed by atoms with van der Waals surface area (Å²) in [5.41, 5.74) is 0. The van der Waals surface area contributed by atoms with E-state index in [9.17, 15) is 0 Å². The van der Waals surface area contributed by atoms with Gasteiger partial charge in [-0.25, -0.2) is 0 Å². The van der Waals surface area contributed by atoms with Gasteiger partial charge in [0, 0.05) is 9.50 Å². The number of benzene rings is 2. The van der Waals surface area contributed by atoms with Crippen LogP contribution in [0.25, 0.3) is 10.8 Å². The number of ether oxygens (including phenoxy) is 1. The third-order valence-electron chi connectivity index (χ3n) is 2.07. The third kappa shape index (κ3) is 1.72. The minimum atomic E-state index is 0.720. The fourth-order valence-electron chi connectivity index (χ4n) is 1.39. The van der Waals surface area contributed by atoms with Gasteiger partial charge in [0.2, 0.25) is 0 Å². The van der Waals surface area contributed by atoms with Crippen LogP contribution in [0.1, 0.15) is 0 Å². The van der Waals surface area contributed by atoms with Crippen LogP contribution in [-0.4, -0.2) is 7.11 Å². The van der Waals surface area contributed by atoms with Gasteiger partial charge in [-0.1, -0.05) is 27.5 Å². The van der Waals surface area contributed by atoms with Crippen LogP contribution in [0.3, 0.4) is 0 Å². The molecule has 0 spiro atoms. The smallest absolute Gasteiger partial charge is 0.119 e. The topological polar surface area (TPSA) is 9.23 Å². The second-order valence-corrected chi connectivity index (χ2v) is 4.27. The van der Waals surface area contributed by atoms with E-state index in [0.717, 1.165) is 26.0 Å². The molecule has 0 N–H and O–H groups in total. The normalized spacial score (nSPS) is 10.5. The Kier molecular flexibility index (Phi) is 2.66. The Labute approximate surface area is 95.8 Å². The number of rotatable bonds is 1. The summed E-state index contributed by atoms with van der Waals surface area (Å²) in [6, 6.07) is 9.71. The zero-order chi connectivity index (χ0) is 10.1. The molecule has 0 saturated carbocycles. The molecule has 0 aliphatic carbocycles.